The summed E-state index contributed by atoms with van der Waals surface area (Å²) >= 11 is 3.49. The molecule has 0 amide bonds. The molecule has 2 rings (SSSR count). The first-order valence-electron chi connectivity index (χ1n) is 5.40. The standard InChI is InChI=1S/C12H13BrN2O2/c13-11-5-9(8-16)1-2-12(11)15-3-4-17-10(6-14)7-15/h1-2,5,10,16H,3-4,7-8H2. The second-order valence-corrected chi connectivity index (χ2v) is 4.73. The van der Waals surface area contributed by atoms with Gasteiger partial charge in [0.2, 0.25) is 0 Å². The van der Waals surface area contributed by atoms with Crippen molar-refractivity contribution < 1.29 is 9.84 Å². The molecule has 0 spiro atoms. The number of rotatable bonds is 2. The van der Waals surface area contributed by atoms with Crippen LogP contribution in [-0.4, -0.2) is 30.9 Å². The monoisotopic (exact) mass is 296 g/mol. The Labute approximate surface area is 109 Å². The zero-order valence-corrected chi connectivity index (χ0v) is 10.9. The maximum Gasteiger partial charge on any atom is 0.161 e. The van der Waals surface area contributed by atoms with E-state index in [0.717, 1.165) is 22.3 Å². The quantitative estimate of drug-likeness (QED) is 0.902. The molecular formula is C12H13BrN2O2. The molecule has 90 valence electrons. The fourth-order valence-electron chi connectivity index (χ4n) is 1.85. The highest BCUT2D eigenvalue weighted by molar-refractivity contribution is 9.10. The molecule has 1 fully saturated rings. The number of halogens is 1. The van der Waals surface area contributed by atoms with Crippen molar-refractivity contribution in [3.63, 3.8) is 0 Å². The van der Waals surface area contributed by atoms with Gasteiger partial charge in [0, 0.05) is 11.0 Å². The van der Waals surface area contributed by atoms with Gasteiger partial charge >= 0.3 is 0 Å². The van der Waals surface area contributed by atoms with Crippen LogP contribution in [0.5, 0.6) is 0 Å². The highest BCUT2D eigenvalue weighted by Crippen LogP contribution is 2.28. The predicted octanol–water partition coefficient (Wildman–Crippen LogP) is 1.67. The van der Waals surface area contributed by atoms with E-state index in [1.807, 2.05) is 18.2 Å². The summed E-state index contributed by atoms with van der Waals surface area (Å²) < 4.78 is 6.24. The molecule has 1 unspecified atom stereocenters. The van der Waals surface area contributed by atoms with Crippen molar-refractivity contribution in [2.24, 2.45) is 0 Å². The largest absolute Gasteiger partial charge is 0.392 e. The number of anilines is 1. The molecule has 0 saturated carbocycles. The first-order chi connectivity index (χ1) is 8.24. The minimum absolute atomic E-state index is 0.0306. The molecule has 1 heterocycles. The van der Waals surface area contributed by atoms with Crippen LogP contribution in [0.3, 0.4) is 0 Å². The number of aliphatic hydroxyl groups excluding tert-OH is 1. The predicted molar refractivity (Wildman–Crippen MR) is 67.6 cm³/mol. The number of nitriles is 1. The summed E-state index contributed by atoms with van der Waals surface area (Å²) in [5.74, 6) is 0. The Balaban J connectivity index is 2.19. The SMILES string of the molecule is N#CC1CN(c2ccc(CO)cc2Br)CCO1. The van der Waals surface area contributed by atoms with Crippen LogP contribution >= 0.6 is 15.9 Å². The Bertz CT molecular complexity index is 445. The van der Waals surface area contributed by atoms with E-state index < -0.39 is 0 Å². The summed E-state index contributed by atoms with van der Waals surface area (Å²) in [5, 5.41) is 17.9. The highest BCUT2D eigenvalue weighted by Gasteiger charge is 2.21. The molecule has 5 heteroatoms. The highest BCUT2D eigenvalue weighted by atomic mass is 79.9. The number of nitrogens with zero attached hydrogens (tertiary/aromatic N) is 2. The van der Waals surface area contributed by atoms with E-state index >= 15 is 0 Å². The Kier molecular flexibility index (Phi) is 4.00. The topological polar surface area (TPSA) is 56.5 Å². The number of aliphatic hydroxyl groups is 1. The molecule has 1 saturated heterocycles. The van der Waals surface area contributed by atoms with Crippen LogP contribution in [0.25, 0.3) is 0 Å². The Morgan fingerprint density at radius 2 is 2.41 bits per heavy atom. The summed E-state index contributed by atoms with van der Waals surface area (Å²) in [5.41, 5.74) is 1.90. The fourth-order valence-corrected chi connectivity index (χ4v) is 2.53. The van der Waals surface area contributed by atoms with Gasteiger partial charge in [-0.15, -0.1) is 0 Å². The third kappa shape index (κ3) is 2.78. The molecule has 0 aromatic heterocycles. The van der Waals surface area contributed by atoms with Crippen molar-refractivity contribution in [3.05, 3.63) is 28.2 Å². The summed E-state index contributed by atoms with van der Waals surface area (Å²) in [4.78, 5) is 2.11. The number of hydrogen-bond donors (Lipinski definition) is 1. The van der Waals surface area contributed by atoms with Gasteiger partial charge in [-0.1, -0.05) is 6.07 Å². The van der Waals surface area contributed by atoms with E-state index in [1.165, 1.54) is 0 Å². The van der Waals surface area contributed by atoms with E-state index in [1.54, 1.807) is 0 Å². The lowest BCUT2D eigenvalue weighted by Crippen LogP contribution is -2.42. The van der Waals surface area contributed by atoms with Gasteiger partial charge < -0.3 is 14.7 Å². The Morgan fingerprint density at radius 3 is 3.06 bits per heavy atom. The molecule has 1 aromatic carbocycles. The minimum Gasteiger partial charge on any atom is -0.392 e. The lowest BCUT2D eigenvalue weighted by molar-refractivity contribution is 0.0764. The van der Waals surface area contributed by atoms with Gasteiger partial charge in [-0.05, 0) is 33.6 Å². The number of morpholine rings is 1. The minimum atomic E-state index is -0.367. The molecule has 0 aliphatic carbocycles. The molecule has 0 bridgehead atoms. The number of ether oxygens (including phenoxy) is 1. The lowest BCUT2D eigenvalue weighted by Gasteiger charge is -2.32. The zero-order chi connectivity index (χ0) is 12.3. The van der Waals surface area contributed by atoms with E-state index in [2.05, 4.69) is 26.9 Å². The average molecular weight is 297 g/mol. The summed E-state index contributed by atoms with van der Waals surface area (Å²) in [6.07, 6.45) is -0.367. The first-order valence-corrected chi connectivity index (χ1v) is 6.19. The summed E-state index contributed by atoms with van der Waals surface area (Å²) in [6, 6.07) is 7.86. The summed E-state index contributed by atoms with van der Waals surface area (Å²) in [6.45, 7) is 1.94. The molecule has 1 aromatic rings. The van der Waals surface area contributed by atoms with Crippen molar-refractivity contribution in [1.82, 2.24) is 0 Å². The van der Waals surface area contributed by atoms with Gasteiger partial charge in [-0.3, -0.25) is 0 Å². The van der Waals surface area contributed by atoms with Crippen LogP contribution in [0.2, 0.25) is 0 Å². The van der Waals surface area contributed by atoms with Gasteiger partial charge in [0.05, 0.1) is 31.5 Å². The average Bonchev–Trinajstić information content (AvgIpc) is 2.38. The van der Waals surface area contributed by atoms with Crippen LogP contribution in [0.1, 0.15) is 5.56 Å². The molecule has 17 heavy (non-hydrogen) atoms. The van der Waals surface area contributed by atoms with Crippen molar-refractivity contribution in [3.8, 4) is 6.07 Å². The maximum absolute atomic E-state index is 9.05. The van der Waals surface area contributed by atoms with Crippen molar-refractivity contribution in [1.29, 1.82) is 5.26 Å². The second-order valence-electron chi connectivity index (χ2n) is 3.88. The van der Waals surface area contributed by atoms with Gasteiger partial charge in [0.1, 0.15) is 0 Å². The fraction of sp³-hybridized carbons (Fsp3) is 0.417. The molecule has 1 N–H and O–H groups in total. The van der Waals surface area contributed by atoms with Gasteiger partial charge in [-0.2, -0.15) is 5.26 Å². The van der Waals surface area contributed by atoms with E-state index in [9.17, 15) is 0 Å². The van der Waals surface area contributed by atoms with E-state index in [4.69, 9.17) is 15.1 Å². The van der Waals surface area contributed by atoms with Crippen LogP contribution in [-0.2, 0) is 11.3 Å². The maximum atomic E-state index is 9.05. The van der Waals surface area contributed by atoms with Crippen LogP contribution in [0.15, 0.2) is 22.7 Å². The zero-order valence-electron chi connectivity index (χ0n) is 9.27. The Hall–Kier alpha value is -1.09. The van der Waals surface area contributed by atoms with Crippen molar-refractivity contribution in [2.75, 3.05) is 24.6 Å². The summed E-state index contributed by atoms with van der Waals surface area (Å²) in [7, 11) is 0. The van der Waals surface area contributed by atoms with Gasteiger partial charge in [0.25, 0.3) is 0 Å². The second kappa shape index (κ2) is 5.50. The molecule has 4 nitrogen and oxygen atoms in total. The molecule has 1 aliphatic rings. The molecule has 1 aliphatic heterocycles. The number of benzene rings is 1. The van der Waals surface area contributed by atoms with Crippen molar-refractivity contribution in [2.45, 2.75) is 12.7 Å². The van der Waals surface area contributed by atoms with Crippen LogP contribution < -0.4 is 4.90 Å². The smallest absolute Gasteiger partial charge is 0.161 e. The van der Waals surface area contributed by atoms with Crippen molar-refractivity contribution >= 4 is 21.6 Å². The number of hydrogen-bond acceptors (Lipinski definition) is 4. The van der Waals surface area contributed by atoms with E-state index in [0.29, 0.717) is 13.2 Å². The van der Waals surface area contributed by atoms with E-state index in [-0.39, 0.29) is 12.7 Å². The Morgan fingerprint density at radius 1 is 1.59 bits per heavy atom. The third-order valence-corrected chi connectivity index (χ3v) is 3.38. The van der Waals surface area contributed by atoms with Crippen LogP contribution in [0.4, 0.5) is 5.69 Å². The molecule has 1 atom stereocenters. The first kappa shape index (κ1) is 12.4. The lowest BCUT2D eigenvalue weighted by atomic mass is 10.2. The van der Waals surface area contributed by atoms with Crippen LogP contribution in [0, 0.1) is 11.3 Å². The van der Waals surface area contributed by atoms with Gasteiger partial charge in [0.15, 0.2) is 6.10 Å². The van der Waals surface area contributed by atoms with Gasteiger partial charge in [-0.25, -0.2) is 0 Å². The molecular weight excluding hydrogens is 284 g/mol. The normalized spacial score (nSPS) is 20.1. The molecule has 0 radical (unpaired) electrons. The third-order valence-electron chi connectivity index (χ3n) is 2.75.